The van der Waals surface area contributed by atoms with Gasteiger partial charge in [0, 0.05) is 18.6 Å². The van der Waals surface area contributed by atoms with Gasteiger partial charge in [-0.3, -0.25) is 0 Å². The van der Waals surface area contributed by atoms with Crippen LogP contribution in [0.25, 0.3) is 0 Å². The summed E-state index contributed by atoms with van der Waals surface area (Å²) in [6.45, 7) is 7.27. The number of aliphatic hydroxyl groups is 3. The molecule has 206 valence electrons. The summed E-state index contributed by atoms with van der Waals surface area (Å²) < 4.78 is 24.2. The third-order valence-corrected chi connectivity index (χ3v) is 7.39. The second-order valence-corrected chi connectivity index (χ2v) is 10.2. The lowest BCUT2D eigenvalue weighted by atomic mass is 9.83. The monoisotopic (exact) mass is 505 g/mol. The highest BCUT2D eigenvalue weighted by atomic mass is 16.7. The van der Waals surface area contributed by atoms with E-state index in [2.05, 4.69) is 16.0 Å². The number of rotatable bonds is 10. The van der Waals surface area contributed by atoms with Gasteiger partial charge in [-0.05, 0) is 46.3 Å². The van der Waals surface area contributed by atoms with Gasteiger partial charge in [0.25, 0.3) is 0 Å². The van der Waals surface area contributed by atoms with Crippen LogP contribution >= 0.6 is 0 Å². The third kappa shape index (κ3) is 6.70. The minimum Gasteiger partial charge on any atom is -0.388 e. The Bertz CT molecular complexity index is 647. The van der Waals surface area contributed by atoms with Crippen molar-refractivity contribution < 1.29 is 34.3 Å². The third-order valence-electron chi connectivity index (χ3n) is 7.39. The maximum Gasteiger partial charge on any atom is 0.185 e. The molecule has 12 heteroatoms. The lowest BCUT2D eigenvalue weighted by molar-refractivity contribution is -0.308. The normalized spacial score (nSPS) is 47.1. The van der Waals surface area contributed by atoms with Gasteiger partial charge in [0.05, 0.1) is 24.8 Å². The molecule has 12 atom stereocenters. The summed E-state index contributed by atoms with van der Waals surface area (Å²) in [5.41, 5.74) is 10.8. The predicted octanol–water partition coefficient (Wildman–Crippen LogP) is -2.68. The van der Waals surface area contributed by atoms with E-state index in [1.54, 1.807) is 14.0 Å². The molecule has 35 heavy (non-hydrogen) atoms. The Morgan fingerprint density at radius 1 is 1.00 bits per heavy atom. The van der Waals surface area contributed by atoms with Crippen LogP contribution in [0.1, 0.15) is 40.0 Å². The SMILES string of the molecule is CCNC1CC(NCC)C(O[C@H]2OC[C@](C)(O)C(NC)C2O)[C@@H](O)C1O[C@H]1OC(CN)CCC1N. The van der Waals surface area contributed by atoms with Gasteiger partial charge in [-0.2, -0.15) is 0 Å². The Morgan fingerprint density at radius 2 is 1.60 bits per heavy atom. The zero-order chi connectivity index (χ0) is 25.8. The lowest BCUT2D eigenvalue weighted by Crippen LogP contribution is -2.69. The first kappa shape index (κ1) is 29.1. The highest BCUT2D eigenvalue weighted by Crippen LogP contribution is 2.32. The number of likely N-dealkylation sites (N-methyl/N-ethyl adjacent to an activating group) is 3. The molecule has 2 heterocycles. The molecule has 0 bridgehead atoms. The Hall–Kier alpha value is -0.480. The summed E-state index contributed by atoms with van der Waals surface area (Å²) in [6.07, 6.45) is -3.44. The fraction of sp³-hybridized carbons (Fsp3) is 1.00. The summed E-state index contributed by atoms with van der Waals surface area (Å²) in [5, 5.41) is 42.8. The number of aliphatic hydroxyl groups excluding tert-OH is 2. The average molecular weight is 506 g/mol. The number of nitrogens with one attached hydrogen (secondary N) is 3. The van der Waals surface area contributed by atoms with Crippen LogP contribution < -0.4 is 27.4 Å². The van der Waals surface area contributed by atoms with E-state index in [-0.39, 0.29) is 30.8 Å². The van der Waals surface area contributed by atoms with Crippen molar-refractivity contribution in [3.05, 3.63) is 0 Å². The largest absolute Gasteiger partial charge is 0.388 e. The van der Waals surface area contributed by atoms with E-state index in [1.807, 2.05) is 13.8 Å². The Labute approximate surface area is 208 Å². The Kier molecular flexibility index (Phi) is 10.7. The smallest absolute Gasteiger partial charge is 0.185 e. The molecule has 0 radical (unpaired) electrons. The molecular weight excluding hydrogens is 458 g/mol. The summed E-state index contributed by atoms with van der Waals surface area (Å²) in [4.78, 5) is 0. The van der Waals surface area contributed by atoms with Crippen LogP contribution in [0, 0.1) is 0 Å². The minimum absolute atomic E-state index is 0.0277. The van der Waals surface area contributed by atoms with E-state index in [0.29, 0.717) is 32.5 Å². The Morgan fingerprint density at radius 3 is 2.14 bits per heavy atom. The molecule has 2 saturated heterocycles. The fourth-order valence-electron chi connectivity index (χ4n) is 5.53. The second kappa shape index (κ2) is 12.9. The first-order valence-corrected chi connectivity index (χ1v) is 12.9. The van der Waals surface area contributed by atoms with Crippen molar-refractivity contribution in [2.75, 3.05) is 33.3 Å². The fourth-order valence-corrected chi connectivity index (χ4v) is 5.53. The maximum absolute atomic E-state index is 11.6. The first-order valence-electron chi connectivity index (χ1n) is 12.9. The van der Waals surface area contributed by atoms with Crippen molar-refractivity contribution >= 4 is 0 Å². The molecule has 0 amide bonds. The molecule has 0 aromatic carbocycles. The number of hydrogen-bond donors (Lipinski definition) is 8. The summed E-state index contributed by atoms with van der Waals surface area (Å²) in [5.74, 6) is 0. The average Bonchev–Trinajstić information content (AvgIpc) is 2.81. The van der Waals surface area contributed by atoms with E-state index in [0.717, 1.165) is 6.42 Å². The van der Waals surface area contributed by atoms with Crippen LogP contribution in [-0.2, 0) is 18.9 Å². The van der Waals surface area contributed by atoms with Crippen molar-refractivity contribution in [3.63, 3.8) is 0 Å². The van der Waals surface area contributed by atoms with Crippen molar-refractivity contribution in [1.82, 2.24) is 16.0 Å². The predicted molar refractivity (Wildman–Crippen MR) is 129 cm³/mol. The Balaban J connectivity index is 1.80. The van der Waals surface area contributed by atoms with Gasteiger partial charge < -0.3 is 61.7 Å². The van der Waals surface area contributed by atoms with E-state index in [4.69, 9.17) is 30.4 Å². The summed E-state index contributed by atoms with van der Waals surface area (Å²) >= 11 is 0. The molecule has 3 aliphatic rings. The van der Waals surface area contributed by atoms with Gasteiger partial charge in [0.15, 0.2) is 12.6 Å². The van der Waals surface area contributed by atoms with E-state index in [9.17, 15) is 15.3 Å². The second-order valence-electron chi connectivity index (χ2n) is 10.2. The van der Waals surface area contributed by atoms with Crippen molar-refractivity contribution in [1.29, 1.82) is 0 Å². The number of hydrogen-bond acceptors (Lipinski definition) is 12. The molecular formula is C23H47N5O7. The molecule has 3 fully saturated rings. The minimum atomic E-state index is -1.27. The molecule has 1 aliphatic carbocycles. The molecule has 0 aromatic heterocycles. The summed E-state index contributed by atoms with van der Waals surface area (Å²) in [6, 6.07) is -1.41. The van der Waals surface area contributed by atoms with Gasteiger partial charge >= 0.3 is 0 Å². The van der Waals surface area contributed by atoms with Gasteiger partial charge in [0.1, 0.15) is 30.0 Å². The van der Waals surface area contributed by atoms with Gasteiger partial charge in [-0.25, -0.2) is 0 Å². The van der Waals surface area contributed by atoms with Crippen LogP contribution in [0.3, 0.4) is 0 Å². The first-order chi connectivity index (χ1) is 16.7. The zero-order valence-corrected chi connectivity index (χ0v) is 21.4. The zero-order valence-electron chi connectivity index (χ0n) is 21.4. The number of ether oxygens (including phenoxy) is 4. The molecule has 0 spiro atoms. The quantitative estimate of drug-likeness (QED) is 0.154. The van der Waals surface area contributed by atoms with E-state index < -0.39 is 48.6 Å². The molecule has 0 aromatic rings. The highest BCUT2D eigenvalue weighted by Gasteiger charge is 2.51. The molecule has 2 aliphatic heterocycles. The maximum atomic E-state index is 11.6. The van der Waals surface area contributed by atoms with Crippen LogP contribution in [0.15, 0.2) is 0 Å². The van der Waals surface area contributed by atoms with Crippen LogP contribution in [0.2, 0.25) is 0 Å². The highest BCUT2D eigenvalue weighted by molar-refractivity contribution is 5.03. The van der Waals surface area contributed by atoms with E-state index in [1.165, 1.54) is 0 Å². The van der Waals surface area contributed by atoms with Gasteiger partial charge in [0.2, 0.25) is 0 Å². The van der Waals surface area contributed by atoms with Crippen LogP contribution in [-0.4, -0.2) is 121 Å². The van der Waals surface area contributed by atoms with Gasteiger partial charge in [-0.1, -0.05) is 13.8 Å². The van der Waals surface area contributed by atoms with Crippen molar-refractivity contribution in [2.24, 2.45) is 11.5 Å². The molecule has 12 nitrogen and oxygen atoms in total. The van der Waals surface area contributed by atoms with Crippen LogP contribution in [0.4, 0.5) is 0 Å². The molecule has 1 saturated carbocycles. The van der Waals surface area contributed by atoms with Crippen molar-refractivity contribution in [3.8, 4) is 0 Å². The van der Waals surface area contributed by atoms with Gasteiger partial charge in [-0.15, -0.1) is 0 Å². The van der Waals surface area contributed by atoms with Crippen LogP contribution in [0.5, 0.6) is 0 Å². The summed E-state index contributed by atoms with van der Waals surface area (Å²) in [7, 11) is 1.66. The van der Waals surface area contributed by atoms with Crippen molar-refractivity contribution in [2.45, 2.75) is 113 Å². The topological polar surface area (TPSA) is 186 Å². The standard InChI is InChI=1S/C23H47N5O7/c1-5-27-14-9-15(28-6-2)19(35-22-17(30)20(26-4)23(3,31)11-32-22)16(29)18(14)34-21-13(25)8-7-12(10-24)33-21/h12-22,26-31H,5-11,24-25H2,1-4H3/t12?,13?,14?,15?,16-,17?,18?,19?,20?,21+,22+,23-/m0/s1. The molecule has 10 N–H and O–H groups in total. The van der Waals surface area contributed by atoms with E-state index >= 15 is 0 Å². The lowest BCUT2D eigenvalue weighted by Gasteiger charge is -2.49. The molecule has 8 unspecified atom stereocenters. The number of nitrogens with two attached hydrogens (primary N) is 2. The molecule has 3 rings (SSSR count).